The molecule has 6 aromatic rings. The number of fused-ring (bicyclic) bond motifs is 6. The van der Waals surface area contributed by atoms with Crippen molar-refractivity contribution in [1.29, 1.82) is 0 Å². The number of benzene rings is 4. The first-order valence-corrected chi connectivity index (χ1v) is 28.8. The topological polar surface area (TPSA) is 61.6 Å². The van der Waals surface area contributed by atoms with Crippen molar-refractivity contribution in [3.05, 3.63) is 148 Å². The molecule has 7 nitrogen and oxygen atoms in total. The van der Waals surface area contributed by atoms with Gasteiger partial charge >= 0.3 is 0 Å². The van der Waals surface area contributed by atoms with Gasteiger partial charge in [0.25, 0.3) is 5.01 Å². The Morgan fingerprint density at radius 2 is 1.65 bits per heavy atom. The Kier molecular flexibility index (Phi) is 17.5. The van der Waals surface area contributed by atoms with Gasteiger partial charge in [-0.25, -0.2) is 0 Å². The number of aromatic nitrogens is 2. The number of methoxy groups -OCH3 is 1. The summed E-state index contributed by atoms with van der Waals surface area (Å²) in [4.78, 5) is 24.0. The van der Waals surface area contributed by atoms with Gasteiger partial charge in [0, 0.05) is 54.4 Å². The van der Waals surface area contributed by atoms with E-state index in [9.17, 15) is 4.79 Å². The number of unbranched alkanes of at least 4 members (excludes halogenated alkanes) is 1. The summed E-state index contributed by atoms with van der Waals surface area (Å²) in [6.07, 6.45) is 29.5. The molecule has 3 aliphatic rings. The number of likely N-dealkylation sites (tertiary alicyclic amines) is 1. The van der Waals surface area contributed by atoms with Crippen molar-refractivity contribution >= 4 is 72.5 Å². The fraction of sp³-hybridized carbons (Fsp3) is 0.444. The maximum absolute atomic E-state index is 13.2. The zero-order chi connectivity index (χ0) is 50.0. The van der Waals surface area contributed by atoms with E-state index < -0.39 is 5.41 Å². The Morgan fingerprint density at radius 3 is 2.42 bits per heavy atom. The normalized spacial score (nSPS) is 18.8. The lowest BCUT2D eigenvalue weighted by molar-refractivity contribution is -0.642. The molecule has 1 amide bonds. The lowest BCUT2D eigenvalue weighted by Gasteiger charge is -2.36. The molecule has 0 saturated carbocycles. The number of carbonyl (C=O) groups excluding carboxylic acids is 1. The predicted molar refractivity (Wildman–Crippen MR) is 305 cm³/mol. The number of thioether (sulfide) groups is 1. The van der Waals surface area contributed by atoms with Crippen molar-refractivity contribution in [3.63, 3.8) is 0 Å². The maximum atomic E-state index is 13.2. The molecule has 2 aliphatic heterocycles. The van der Waals surface area contributed by atoms with Crippen LogP contribution >= 0.6 is 23.1 Å². The van der Waals surface area contributed by atoms with Crippen LogP contribution in [0, 0.1) is 17.3 Å². The molecule has 1 aliphatic carbocycles. The third-order valence-corrected chi connectivity index (χ3v) is 19.3. The van der Waals surface area contributed by atoms with Gasteiger partial charge in [-0.05, 0) is 190 Å². The van der Waals surface area contributed by atoms with Crippen LogP contribution in [0.3, 0.4) is 0 Å². The molecule has 2 aromatic heterocycles. The number of thiazole rings is 1. The average molecular weight is 1000 g/mol. The number of piperidine rings is 1. The molecular weight excluding hydrogens is 923 g/mol. The molecule has 0 spiro atoms. The molecule has 4 aromatic carbocycles. The zero-order valence-corrected chi connectivity index (χ0v) is 45.6. The third-order valence-electron chi connectivity index (χ3n) is 16.8. The summed E-state index contributed by atoms with van der Waals surface area (Å²) in [6, 6.07) is 31.1. The van der Waals surface area contributed by atoms with Gasteiger partial charge in [-0.1, -0.05) is 117 Å². The van der Waals surface area contributed by atoms with Crippen LogP contribution < -0.4 is 14.8 Å². The summed E-state index contributed by atoms with van der Waals surface area (Å²) in [5, 5.41) is 10.8. The first kappa shape index (κ1) is 51.8. The number of aryl methyl sites for hydroxylation is 1. The van der Waals surface area contributed by atoms with Gasteiger partial charge in [0.15, 0.2) is 0 Å². The summed E-state index contributed by atoms with van der Waals surface area (Å²) in [7, 11) is 6.07. The number of amides is 1. The molecule has 1 fully saturated rings. The lowest BCUT2D eigenvalue weighted by atomic mass is 9.75. The summed E-state index contributed by atoms with van der Waals surface area (Å²) in [5.41, 5.74) is 8.14. The van der Waals surface area contributed by atoms with Gasteiger partial charge in [0.1, 0.15) is 18.5 Å². The smallest absolute Gasteiger partial charge is 0.262 e. The van der Waals surface area contributed by atoms with Crippen molar-refractivity contribution in [3.8, 4) is 0 Å². The van der Waals surface area contributed by atoms with Crippen LogP contribution in [0.1, 0.15) is 127 Å². The van der Waals surface area contributed by atoms with Crippen molar-refractivity contribution < 1.29 is 14.1 Å². The standard InChI is InChI=1S/C63H77N5O2S2/c1-7-45(23-24-46(47-34-39-64-40-35-47)33-38-63(3,8-2)62(69)65-44-70-6)48-36-42-68(43-37-48)41-14-13-20-53-49(27-31-58-66(4)56-29-25-51-16-9-11-21-54(51)60(56)71-58)18-15-19-50(53)28-32-59-67(5)57-30-26-52-17-10-12-22-55(52)61(57)72-59/h9-12,16-17,21-22,25-32,34-35,39-40,45-46,48H,7-8,13-15,18-20,23-24,33,36-38,41-44H2,1-6H3/p+1. The minimum absolute atomic E-state index is 0.0936. The Balaban J connectivity index is 0.852. The van der Waals surface area contributed by atoms with Crippen molar-refractivity contribution in [1.82, 2.24) is 15.2 Å². The highest BCUT2D eigenvalue weighted by atomic mass is 32.2. The fourth-order valence-electron chi connectivity index (χ4n) is 12.0. The van der Waals surface area contributed by atoms with Crippen molar-refractivity contribution in [2.75, 3.05) is 45.4 Å². The quantitative estimate of drug-likeness (QED) is 0.0440. The minimum Gasteiger partial charge on any atom is -0.364 e. The molecule has 0 bridgehead atoms. The van der Waals surface area contributed by atoms with E-state index in [1.807, 2.05) is 35.5 Å². The number of hydrogen-bond donors (Lipinski definition) is 1. The van der Waals surface area contributed by atoms with Crippen LogP contribution in [0.5, 0.6) is 0 Å². The van der Waals surface area contributed by atoms with Gasteiger partial charge in [0.2, 0.25) is 11.4 Å². The van der Waals surface area contributed by atoms with Crippen LogP contribution in [0.25, 0.3) is 37.8 Å². The SMILES string of the molecule is CCC(CCC(CCC(C)(CC)C(=O)NCOC)c1ccncc1)C1CCN(CCCCC2=C(/C=C/c3sc4c5ccccc5ccc4[n+]3C)CCC/C2=C\C=C2/Sc3c(ccc4ccccc34)N2C)CC1. The van der Waals surface area contributed by atoms with Crippen LogP contribution in [0.15, 0.2) is 142 Å². The molecule has 0 radical (unpaired) electrons. The highest BCUT2D eigenvalue weighted by Crippen LogP contribution is 2.49. The molecule has 9 heteroatoms. The Morgan fingerprint density at radius 1 is 0.903 bits per heavy atom. The largest absolute Gasteiger partial charge is 0.364 e. The number of pyridine rings is 1. The highest BCUT2D eigenvalue weighted by molar-refractivity contribution is 8.04. The number of nitrogens with zero attached hydrogens (tertiary/aromatic N) is 4. The number of rotatable bonds is 21. The van der Waals surface area contributed by atoms with Crippen LogP contribution in [0.2, 0.25) is 0 Å². The van der Waals surface area contributed by atoms with Gasteiger partial charge in [0.05, 0.1) is 10.7 Å². The maximum Gasteiger partial charge on any atom is 0.262 e. The fourth-order valence-corrected chi connectivity index (χ4v) is 14.3. The molecule has 3 unspecified atom stereocenters. The highest BCUT2D eigenvalue weighted by Gasteiger charge is 2.33. The van der Waals surface area contributed by atoms with Crippen molar-refractivity contribution in [2.24, 2.45) is 24.3 Å². The number of allylic oxidation sites excluding steroid dienone is 6. The van der Waals surface area contributed by atoms with Gasteiger partial charge in [-0.15, -0.1) is 0 Å². The number of nitrogens with one attached hydrogen (secondary N) is 1. The molecule has 9 rings (SSSR count). The van der Waals surface area contributed by atoms with E-state index in [2.05, 4.69) is 169 Å². The van der Waals surface area contributed by atoms with E-state index >= 15 is 0 Å². The van der Waals surface area contributed by atoms with E-state index in [1.54, 1.807) is 12.7 Å². The van der Waals surface area contributed by atoms with Crippen LogP contribution in [-0.2, 0) is 16.6 Å². The second kappa shape index (κ2) is 24.3. The van der Waals surface area contributed by atoms with Gasteiger partial charge in [-0.3, -0.25) is 9.78 Å². The Labute approximate surface area is 438 Å². The molecule has 3 atom stereocenters. The Hall–Kier alpha value is -5.06. The first-order valence-electron chi connectivity index (χ1n) is 27.1. The molecule has 4 heterocycles. The predicted octanol–water partition coefficient (Wildman–Crippen LogP) is 15.3. The second-order valence-corrected chi connectivity index (χ2v) is 23.1. The van der Waals surface area contributed by atoms with Gasteiger partial charge < -0.3 is 19.9 Å². The number of anilines is 1. The van der Waals surface area contributed by atoms with E-state index in [0.29, 0.717) is 5.92 Å². The van der Waals surface area contributed by atoms with E-state index in [-0.39, 0.29) is 12.6 Å². The lowest BCUT2D eigenvalue weighted by Crippen LogP contribution is -2.39. The summed E-state index contributed by atoms with van der Waals surface area (Å²) >= 11 is 3.83. The van der Waals surface area contributed by atoms with E-state index in [1.165, 1.54) is 134 Å². The van der Waals surface area contributed by atoms with Crippen molar-refractivity contribution in [2.45, 2.75) is 121 Å². The average Bonchev–Trinajstić information content (AvgIpc) is 3.93. The number of hydrogen-bond acceptors (Lipinski definition) is 7. The number of ether oxygens (including phenoxy) is 1. The van der Waals surface area contributed by atoms with Crippen LogP contribution in [0.4, 0.5) is 5.69 Å². The second-order valence-electron chi connectivity index (χ2n) is 21.1. The van der Waals surface area contributed by atoms with E-state index in [0.717, 1.165) is 56.8 Å². The summed E-state index contributed by atoms with van der Waals surface area (Å²) in [6.45, 7) is 10.5. The van der Waals surface area contributed by atoms with Crippen LogP contribution in [-0.4, -0.2) is 56.3 Å². The minimum atomic E-state index is -0.408. The molecule has 1 N–H and O–H groups in total. The third kappa shape index (κ3) is 11.8. The molecule has 378 valence electrons. The first-order chi connectivity index (χ1) is 35.2. The Bertz CT molecular complexity index is 2950. The monoisotopic (exact) mass is 1000 g/mol. The molecule has 1 saturated heterocycles. The van der Waals surface area contributed by atoms with Gasteiger partial charge in [-0.2, -0.15) is 4.57 Å². The molecular formula is C63H78N5O2S2+. The number of carbonyl (C=O) groups is 1. The summed E-state index contributed by atoms with van der Waals surface area (Å²) in [5.74, 6) is 2.02. The van der Waals surface area contributed by atoms with E-state index in [4.69, 9.17) is 4.74 Å². The molecule has 72 heavy (non-hydrogen) atoms. The zero-order valence-electron chi connectivity index (χ0n) is 43.9. The summed E-state index contributed by atoms with van der Waals surface area (Å²) < 4.78 is 8.91.